The number of ether oxygens (including phenoxy) is 2. The van der Waals surface area contributed by atoms with Gasteiger partial charge in [0.25, 0.3) is 5.56 Å². The van der Waals surface area contributed by atoms with Crippen LogP contribution < -0.4 is 15.0 Å². The molecule has 0 aliphatic rings. The van der Waals surface area contributed by atoms with Gasteiger partial charge >= 0.3 is 0 Å². The first-order chi connectivity index (χ1) is 13.8. The number of rotatable bonds is 8. The van der Waals surface area contributed by atoms with Crippen LogP contribution in [0.25, 0.3) is 21.2 Å². The lowest BCUT2D eigenvalue weighted by Crippen LogP contribution is -2.19. The van der Waals surface area contributed by atoms with Crippen molar-refractivity contribution in [1.82, 2.24) is 9.47 Å². The molecule has 0 bridgehead atoms. The zero-order valence-corrected chi connectivity index (χ0v) is 18.9. The van der Waals surface area contributed by atoms with Crippen LogP contribution in [0, 0.1) is 5.92 Å². The van der Waals surface area contributed by atoms with E-state index in [-0.39, 0.29) is 5.56 Å². The van der Waals surface area contributed by atoms with E-state index in [4.69, 9.17) is 9.47 Å². The lowest BCUT2D eigenvalue weighted by Gasteiger charge is -2.16. The average Bonchev–Trinajstić information content (AvgIpc) is 3.12. The van der Waals surface area contributed by atoms with Gasteiger partial charge < -0.3 is 18.9 Å². The Morgan fingerprint density at radius 3 is 2.52 bits per heavy atom. The van der Waals surface area contributed by atoms with E-state index in [9.17, 15) is 4.79 Å². The number of benzene rings is 1. The van der Waals surface area contributed by atoms with Crippen LogP contribution in [0.5, 0.6) is 11.5 Å². The largest absolute Gasteiger partial charge is 0.493 e. The second-order valence-electron chi connectivity index (χ2n) is 7.90. The molecule has 0 aliphatic heterocycles. The fourth-order valence-corrected chi connectivity index (χ4v) is 4.67. The van der Waals surface area contributed by atoms with Gasteiger partial charge in [0.1, 0.15) is 0 Å². The van der Waals surface area contributed by atoms with Crippen molar-refractivity contribution in [3.63, 3.8) is 0 Å². The molecule has 2 aromatic heterocycles. The second kappa shape index (κ2) is 9.01. The van der Waals surface area contributed by atoms with Gasteiger partial charge in [0.05, 0.1) is 19.6 Å². The lowest BCUT2D eigenvalue weighted by molar-refractivity contribution is 0.306. The van der Waals surface area contributed by atoms with Gasteiger partial charge in [-0.1, -0.05) is 19.9 Å². The maximum atomic E-state index is 12.8. The highest BCUT2D eigenvalue weighted by Crippen LogP contribution is 2.37. The van der Waals surface area contributed by atoms with Gasteiger partial charge in [-0.25, -0.2) is 0 Å². The normalized spacial score (nSPS) is 11.6. The van der Waals surface area contributed by atoms with E-state index in [0.717, 1.165) is 34.3 Å². The number of aromatic nitrogens is 1. The molecule has 0 spiro atoms. The van der Waals surface area contributed by atoms with Gasteiger partial charge in [-0.2, -0.15) is 0 Å². The molecule has 0 unspecified atom stereocenters. The molecular weight excluding hydrogens is 384 g/mol. The Hall–Kier alpha value is -2.31. The van der Waals surface area contributed by atoms with Crippen LogP contribution in [0.1, 0.15) is 25.1 Å². The second-order valence-corrected chi connectivity index (χ2v) is 9.04. The van der Waals surface area contributed by atoms with Crippen LogP contribution in [-0.2, 0) is 13.6 Å². The zero-order valence-electron chi connectivity index (χ0n) is 18.1. The van der Waals surface area contributed by atoms with Crippen LogP contribution in [0.2, 0.25) is 0 Å². The van der Waals surface area contributed by atoms with Gasteiger partial charge in [-0.3, -0.25) is 4.79 Å². The summed E-state index contributed by atoms with van der Waals surface area (Å²) in [6.45, 7) is 6.38. The summed E-state index contributed by atoms with van der Waals surface area (Å²) in [6, 6.07) is 7.93. The van der Waals surface area contributed by atoms with E-state index >= 15 is 0 Å². The Balaban J connectivity index is 2.04. The molecule has 0 saturated heterocycles. The van der Waals surface area contributed by atoms with Crippen LogP contribution in [0.4, 0.5) is 0 Å². The fourth-order valence-electron chi connectivity index (χ4n) is 3.41. The molecule has 1 aromatic carbocycles. The minimum absolute atomic E-state index is 0.0385. The summed E-state index contributed by atoms with van der Waals surface area (Å²) in [5, 5.41) is 0.775. The van der Waals surface area contributed by atoms with Crippen molar-refractivity contribution >= 4 is 21.4 Å². The van der Waals surface area contributed by atoms with Crippen molar-refractivity contribution < 1.29 is 9.47 Å². The van der Waals surface area contributed by atoms with Crippen LogP contribution in [0.3, 0.4) is 0 Å². The van der Waals surface area contributed by atoms with Crippen molar-refractivity contribution in [2.24, 2.45) is 13.0 Å². The Bertz CT molecular complexity index is 1050. The molecule has 0 aliphatic carbocycles. The monoisotopic (exact) mass is 414 g/mol. The Kier molecular flexibility index (Phi) is 6.65. The molecule has 156 valence electrons. The van der Waals surface area contributed by atoms with E-state index in [0.29, 0.717) is 17.4 Å². The number of hydrogen-bond acceptors (Lipinski definition) is 5. The summed E-state index contributed by atoms with van der Waals surface area (Å²) >= 11 is 1.70. The maximum Gasteiger partial charge on any atom is 0.259 e. The highest BCUT2D eigenvalue weighted by atomic mass is 32.1. The predicted molar refractivity (Wildman–Crippen MR) is 121 cm³/mol. The Morgan fingerprint density at radius 1 is 1.14 bits per heavy atom. The number of thiophene rings is 1. The SMILES string of the molecule is COc1ccc(-c2cn(C)c(=O)c3cc(CN(C)CCC(C)C)sc23)cc1OC. The smallest absolute Gasteiger partial charge is 0.259 e. The third-order valence-corrected chi connectivity index (χ3v) is 6.26. The fraction of sp³-hybridized carbons (Fsp3) is 0.435. The van der Waals surface area contributed by atoms with E-state index < -0.39 is 0 Å². The summed E-state index contributed by atoms with van der Waals surface area (Å²) in [6.07, 6.45) is 3.08. The molecule has 0 fully saturated rings. The van der Waals surface area contributed by atoms with Crippen molar-refractivity contribution in [1.29, 1.82) is 0 Å². The molecule has 3 aromatic rings. The third kappa shape index (κ3) is 4.65. The number of hydrogen-bond donors (Lipinski definition) is 0. The molecule has 5 nitrogen and oxygen atoms in total. The average molecular weight is 415 g/mol. The molecular formula is C23H30N2O3S. The van der Waals surface area contributed by atoms with Crippen LogP contribution in [-0.4, -0.2) is 37.3 Å². The predicted octanol–water partition coefficient (Wildman–Crippen LogP) is 4.76. The molecule has 3 rings (SSSR count). The number of nitrogens with zero attached hydrogens (tertiary/aromatic N) is 2. The first-order valence-electron chi connectivity index (χ1n) is 9.87. The highest BCUT2D eigenvalue weighted by molar-refractivity contribution is 7.19. The molecule has 2 heterocycles. The summed E-state index contributed by atoms with van der Waals surface area (Å²) in [5.41, 5.74) is 2.07. The lowest BCUT2D eigenvalue weighted by atomic mass is 10.1. The van der Waals surface area contributed by atoms with Crippen molar-refractivity contribution in [2.75, 3.05) is 27.8 Å². The van der Waals surface area contributed by atoms with Crippen molar-refractivity contribution in [3.8, 4) is 22.6 Å². The molecule has 6 heteroatoms. The first-order valence-corrected chi connectivity index (χ1v) is 10.7. The Labute approximate surface area is 176 Å². The summed E-state index contributed by atoms with van der Waals surface area (Å²) in [7, 11) is 7.20. The minimum Gasteiger partial charge on any atom is -0.493 e. The number of fused-ring (bicyclic) bond motifs is 1. The summed E-state index contributed by atoms with van der Waals surface area (Å²) < 4.78 is 13.5. The van der Waals surface area contributed by atoms with E-state index in [1.807, 2.05) is 24.4 Å². The van der Waals surface area contributed by atoms with E-state index in [1.54, 1.807) is 37.2 Å². The number of aryl methyl sites for hydroxylation is 1. The van der Waals surface area contributed by atoms with Crippen LogP contribution >= 0.6 is 11.3 Å². The van der Waals surface area contributed by atoms with Crippen molar-refractivity contribution in [2.45, 2.75) is 26.8 Å². The number of pyridine rings is 1. The summed E-state index contributed by atoms with van der Waals surface area (Å²) in [5.74, 6) is 2.05. The van der Waals surface area contributed by atoms with Gasteiger partial charge in [0, 0.05) is 34.9 Å². The topological polar surface area (TPSA) is 43.7 Å². The minimum atomic E-state index is 0.0385. The van der Waals surface area contributed by atoms with Gasteiger partial charge in [-0.15, -0.1) is 11.3 Å². The van der Waals surface area contributed by atoms with Crippen LogP contribution in [0.15, 0.2) is 35.3 Å². The standard InChI is InChI=1S/C23H30N2O3S/c1-15(2)9-10-24(3)13-17-12-18-22(29-17)19(14-25(4)23(18)26)16-7-8-20(27-5)21(11-16)28-6/h7-8,11-12,14-15H,9-10,13H2,1-6H3. The number of methoxy groups -OCH3 is 2. The van der Waals surface area contributed by atoms with E-state index in [1.165, 1.54) is 11.3 Å². The molecule has 0 saturated carbocycles. The van der Waals surface area contributed by atoms with Gasteiger partial charge in [0.15, 0.2) is 11.5 Å². The first kappa shape index (κ1) is 21.4. The molecule has 29 heavy (non-hydrogen) atoms. The summed E-state index contributed by atoms with van der Waals surface area (Å²) in [4.78, 5) is 16.3. The van der Waals surface area contributed by atoms with E-state index in [2.05, 4.69) is 31.9 Å². The third-order valence-electron chi connectivity index (χ3n) is 5.11. The Morgan fingerprint density at radius 2 is 1.86 bits per heavy atom. The zero-order chi connectivity index (χ0) is 21.1. The quantitative estimate of drug-likeness (QED) is 0.533. The maximum absolute atomic E-state index is 12.8. The van der Waals surface area contributed by atoms with Gasteiger partial charge in [-0.05, 0) is 49.7 Å². The van der Waals surface area contributed by atoms with Gasteiger partial charge in [0.2, 0.25) is 0 Å². The van der Waals surface area contributed by atoms with Crippen molar-refractivity contribution in [3.05, 3.63) is 45.7 Å². The molecule has 0 radical (unpaired) electrons. The molecule has 0 amide bonds. The highest BCUT2D eigenvalue weighted by Gasteiger charge is 2.16. The molecule has 0 atom stereocenters. The molecule has 0 N–H and O–H groups in total.